The molecule has 31 heavy (non-hydrogen) atoms. The van der Waals surface area contributed by atoms with E-state index in [1.54, 1.807) is 16.6 Å². The van der Waals surface area contributed by atoms with Gasteiger partial charge in [-0.1, -0.05) is 45.4 Å². The Labute approximate surface area is 189 Å². The van der Waals surface area contributed by atoms with Crippen molar-refractivity contribution in [3.05, 3.63) is 87.4 Å². The number of carbonyl (C=O) groups excluding carboxylic acids is 1. The lowest BCUT2D eigenvalue weighted by Crippen LogP contribution is -2.27. The Morgan fingerprint density at radius 2 is 1.68 bits per heavy atom. The number of amides is 1. The Bertz CT molecular complexity index is 1240. The maximum Gasteiger partial charge on any atom is 0.276 e. The summed E-state index contributed by atoms with van der Waals surface area (Å²) >= 11 is 3.47. The zero-order chi connectivity index (χ0) is 22.1. The third-order valence-corrected chi connectivity index (χ3v) is 5.83. The largest absolute Gasteiger partial charge is 0.336 e. The van der Waals surface area contributed by atoms with Crippen LogP contribution in [0, 0.1) is 20.8 Å². The molecule has 4 rings (SSSR count). The second kappa shape index (κ2) is 8.47. The third-order valence-electron chi connectivity index (χ3n) is 5.33. The number of para-hydroxylation sites is 1. The van der Waals surface area contributed by atoms with Gasteiger partial charge in [0.05, 0.1) is 22.8 Å². The Morgan fingerprint density at radius 1 is 0.968 bits per heavy atom. The van der Waals surface area contributed by atoms with Crippen LogP contribution in [0.3, 0.4) is 0 Å². The van der Waals surface area contributed by atoms with Crippen LogP contribution in [-0.4, -0.2) is 42.6 Å². The van der Waals surface area contributed by atoms with Crippen LogP contribution < -0.4 is 0 Å². The van der Waals surface area contributed by atoms with Crippen molar-refractivity contribution in [2.24, 2.45) is 0 Å². The molecular formula is C23H23BrN6O. The second-order valence-electron chi connectivity index (χ2n) is 7.47. The number of hydrogen-bond donors (Lipinski definition) is 0. The number of benzene rings is 2. The summed E-state index contributed by atoms with van der Waals surface area (Å²) in [5.74, 6) is -0.176. The van der Waals surface area contributed by atoms with Crippen molar-refractivity contribution >= 4 is 21.8 Å². The van der Waals surface area contributed by atoms with E-state index in [-0.39, 0.29) is 5.91 Å². The van der Waals surface area contributed by atoms with Gasteiger partial charge in [0.25, 0.3) is 5.91 Å². The van der Waals surface area contributed by atoms with Crippen LogP contribution in [0.4, 0.5) is 0 Å². The van der Waals surface area contributed by atoms with E-state index in [1.807, 2.05) is 80.1 Å². The standard InChI is InChI=1S/C23H23BrN6O/c1-15-21(16(2)29(26-15)19-10-6-5-7-11-19)14-28(4)23(31)22-17(3)30(27-25-22)20-12-8-9-18(24)13-20/h5-13H,14H2,1-4H3. The monoisotopic (exact) mass is 478 g/mol. The van der Waals surface area contributed by atoms with Gasteiger partial charge < -0.3 is 4.90 Å². The molecule has 0 spiro atoms. The average molecular weight is 479 g/mol. The average Bonchev–Trinajstić information content (AvgIpc) is 3.28. The van der Waals surface area contributed by atoms with Crippen LogP contribution in [0.2, 0.25) is 0 Å². The smallest absolute Gasteiger partial charge is 0.276 e. The summed E-state index contributed by atoms with van der Waals surface area (Å²) in [5, 5.41) is 13.0. The molecule has 1 amide bonds. The molecule has 0 saturated heterocycles. The predicted octanol–water partition coefficient (Wildman–Crippen LogP) is 4.41. The van der Waals surface area contributed by atoms with Gasteiger partial charge in [0.15, 0.2) is 5.69 Å². The molecule has 2 aromatic carbocycles. The molecule has 0 bridgehead atoms. The van der Waals surface area contributed by atoms with E-state index in [4.69, 9.17) is 0 Å². The lowest BCUT2D eigenvalue weighted by Gasteiger charge is -2.17. The number of aryl methyl sites for hydroxylation is 1. The maximum absolute atomic E-state index is 13.2. The van der Waals surface area contributed by atoms with Gasteiger partial charge in [0, 0.05) is 29.3 Å². The summed E-state index contributed by atoms with van der Waals surface area (Å²) < 4.78 is 4.53. The summed E-state index contributed by atoms with van der Waals surface area (Å²) in [6.45, 7) is 6.28. The topological polar surface area (TPSA) is 68.8 Å². The van der Waals surface area contributed by atoms with E-state index in [0.717, 1.165) is 32.8 Å². The number of rotatable bonds is 5. The van der Waals surface area contributed by atoms with Crippen molar-refractivity contribution in [1.82, 2.24) is 29.7 Å². The molecule has 4 aromatic rings. The minimum atomic E-state index is -0.176. The molecule has 0 N–H and O–H groups in total. The first kappa shape index (κ1) is 21.0. The van der Waals surface area contributed by atoms with Gasteiger partial charge in [-0.05, 0) is 51.1 Å². The zero-order valence-electron chi connectivity index (χ0n) is 17.9. The summed E-state index contributed by atoms with van der Waals surface area (Å²) in [6.07, 6.45) is 0. The van der Waals surface area contributed by atoms with Gasteiger partial charge in [-0.25, -0.2) is 9.36 Å². The Morgan fingerprint density at radius 3 is 2.39 bits per heavy atom. The van der Waals surface area contributed by atoms with Crippen molar-refractivity contribution in [2.75, 3.05) is 7.05 Å². The minimum Gasteiger partial charge on any atom is -0.336 e. The lowest BCUT2D eigenvalue weighted by molar-refractivity contribution is 0.0778. The van der Waals surface area contributed by atoms with E-state index in [2.05, 4.69) is 31.3 Å². The van der Waals surface area contributed by atoms with Crippen molar-refractivity contribution in [1.29, 1.82) is 0 Å². The van der Waals surface area contributed by atoms with Crippen LogP contribution in [0.1, 0.15) is 33.1 Å². The Balaban J connectivity index is 1.59. The van der Waals surface area contributed by atoms with E-state index in [9.17, 15) is 4.79 Å². The molecule has 2 aromatic heterocycles. The molecule has 0 radical (unpaired) electrons. The van der Waals surface area contributed by atoms with Crippen molar-refractivity contribution in [3.8, 4) is 11.4 Å². The molecule has 0 aliphatic heterocycles. The van der Waals surface area contributed by atoms with E-state index >= 15 is 0 Å². The molecule has 0 aliphatic rings. The normalized spacial score (nSPS) is 11.0. The molecular weight excluding hydrogens is 456 g/mol. The van der Waals surface area contributed by atoms with Gasteiger partial charge in [-0.3, -0.25) is 4.79 Å². The highest BCUT2D eigenvalue weighted by Gasteiger charge is 2.23. The minimum absolute atomic E-state index is 0.176. The number of halogens is 1. The summed E-state index contributed by atoms with van der Waals surface area (Å²) in [5.41, 5.74) is 5.81. The van der Waals surface area contributed by atoms with Crippen LogP contribution in [0.5, 0.6) is 0 Å². The first-order valence-corrected chi connectivity index (χ1v) is 10.7. The second-order valence-corrected chi connectivity index (χ2v) is 8.39. The molecule has 2 heterocycles. The maximum atomic E-state index is 13.2. The van der Waals surface area contributed by atoms with Crippen molar-refractivity contribution in [3.63, 3.8) is 0 Å². The van der Waals surface area contributed by atoms with Gasteiger partial charge in [0.1, 0.15) is 0 Å². The quantitative estimate of drug-likeness (QED) is 0.425. The summed E-state index contributed by atoms with van der Waals surface area (Å²) in [4.78, 5) is 14.8. The molecule has 0 unspecified atom stereocenters. The number of nitrogens with zero attached hydrogens (tertiary/aromatic N) is 6. The van der Waals surface area contributed by atoms with E-state index in [1.165, 1.54) is 0 Å². The fraction of sp³-hybridized carbons (Fsp3) is 0.217. The van der Waals surface area contributed by atoms with Crippen LogP contribution in [-0.2, 0) is 6.54 Å². The SMILES string of the molecule is Cc1nn(-c2ccccc2)c(C)c1CN(C)C(=O)c1nnn(-c2cccc(Br)c2)c1C. The van der Waals surface area contributed by atoms with Crippen LogP contribution in [0.25, 0.3) is 11.4 Å². The molecule has 0 atom stereocenters. The highest BCUT2D eigenvalue weighted by Crippen LogP contribution is 2.21. The highest BCUT2D eigenvalue weighted by molar-refractivity contribution is 9.10. The van der Waals surface area contributed by atoms with Gasteiger partial charge in [0.2, 0.25) is 0 Å². The summed E-state index contributed by atoms with van der Waals surface area (Å²) in [7, 11) is 1.78. The number of carbonyl (C=O) groups is 1. The molecule has 0 saturated carbocycles. The Kier molecular flexibility index (Phi) is 5.73. The Hall–Kier alpha value is -3.26. The molecule has 7 nitrogen and oxygen atoms in total. The molecule has 8 heteroatoms. The molecule has 0 aliphatic carbocycles. The van der Waals surface area contributed by atoms with Crippen LogP contribution in [0.15, 0.2) is 59.1 Å². The first-order chi connectivity index (χ1) is 14.9. The van der Waals surface area contributed by atoms with Crippen molar-refractivity contribution in [2.45, 2.75) is 27.3 Å². The fourth-order valence-electron chi connectivity index (χ4n) is 3.59. The van der Waals surface area contributed by atoms with Crippen molar-refractivity contribution < 1.29 is 4.79 Å². The van der Waals surface area contributed by atoms with Gasteiger partial charge >= 0.3 is 0 Å². The number of hydrogen-bond acceptors (Lipinski definition) is 4. The lowest BCUT2D eigenvalue weighted by atomic mass is 10.1. The highest BCUT2D eigenvalue weighted by atomic mass is 79.9. The first-order valence-electron chi connectivity index (χ1n) is 9.91. The molecule has 0 fully saturated rings. The zero-order valence-corrected chi connectivity index (χ0v) is 19.5. The number of aromatic nitrogens is 5. The fourth-order valence-corrected chi connectivity index (χ4v) is 3.98. The third kappa shape index (κ3) is 4.03. The summed E-state index contributed by atoms with van der Waals surface area (Å²) in [6, 6.07) is 17.7. The predicted molar refractivity (Wildman–Crippen MR) is 123 cm³/mol. The van der Waals surface area contributed by atoms with E-state index in [0.29, 0.717) is 17.9 Å². The van der Waals surface area contributed by atoms with Gasteiger partial charge in [-0.15, -0.1) is 5.10 Å². The van der Waals surface area contributed by atoms with Gasteiger partial charge in [-0.2, -0.15) is 5.10 Å². The molecule has 158 valence electrons. The van der Waals surface area contributed by atoms with E-state index < -0.39 is 0 Å². The van der Waals surface area contributed by atoms with Crippen LogP contribution >= 0.6 is 15.9 Å².